The van der Waals surface area contributed by atoms with Crippen molar-refractivity contribution < 1.29 is 19.4 Å². The Hall–Kier alpha value is -1.52. The van der Waals surface area contributed by atoms with E-state index in [2.05, 4.69) is 0 Å². The highest BCUT2D eigenvalue weighted by Gasteiger charge is 2.17. The van der Waals surface area contributed by atoms with Gasteiger partial charge in [0.2, 0.25) is 0 Å². The standard InChI is InChI=1S/C10H15NO4/c1-11(5-4-9(12)13)10(14)8-3-2-6-15-7-8/h7H,2-6H2,1H3,(H,12,13). The lowest BCUT2D eigenvalue weighted by molar-refractivity contribution is -0.137. The molecule has 0 atom stereocenters. The molecule has 0 bridgehead atoms. The Labute approximate surface area is 88.3 Å². The van der Waals surface area contributed by atoms with Gasteiger partial charge in [-0.1, -0.05) is 0 Å². The number of carbonyl (C=O) groups is 2. The van der Waals surface area contributed by atoms with Gasteiger partial charge in [-0.3, -0.25) is 9.59 Å². The van der Waals surface area contributed by atoms with Crippen molar-refractivity contribution in [1.29, 1.82) is 0 Å². The second-order valence-corrected chi connectivity index (χ2v) is 3.49. The van der Waals surface area contributed by atoms with E-state index in [1.54, 1.807) is 7.05 Å². The lowest BCUT2D eigenvalue weighted by Gasteiger charge is -2.20. The van der Waals surface area contributed by atoms with E-state index >= 15 is 0 Å². The van der Waals surface area contributed by atoms with E-state index in [9.17, 15) is 9.59 Å². The van der Waals surface area contributed by atoms with Gasteiger partial charge in [0.25, 0.3) is 5.91 Å². The minimum absolute atomic E-state index is 0.0314. The molecule has 15 heavy (non-hydrogen) atoms. The van der Waals surface area contributed by atoms with Crippen LogP contribution in [0.15, 0.2) is 11.8 Å². The van der Waals surface area contributed by atoms with Crippen LogP contribution < -0.4 is 0 Å². The number of rotatable bonds is 4. The molecule has 5 nitrogen and oxygen atoms in total. The molecule has 84 valence electrons. The number of ether oxygens (including phenoxy) is 1. The fourth-order valence-electron chi connectivity index (χ4n) is 1.33. The number of nitrogens with zero attached hydrogens (tertiary/aromatic N) is 1. The molecule has 0 radical (unpaired) electrons. The molecule has 0 aromatic rings. The molecule has 0 aromatic heterocycles. The first-order chi connectivity index (χ1) is 7.11. The van der Waals surface area contributed by atoms with E-state index in [0.717, 1.165) is 6.42 Å². The summed E-state index contributed by atoms with van der Waals surface area (Å²) >= 11 is 0. The van der Waals surface area contributed by atoms with E-state index in [1.807, 2.05) is 0 Å². The van der Waals surface area contributed by atoms with Gasteiger partial charge in [0.05, 0.1) is 24.9 Å². The van der Waals surface area contributed by atoms with E-state index in [-0.39, 0.29) is 18.9 Å². The average molecular weight is 213 g/mol. The van der Waals surface area contributed by atoms with Crippen LogP contribution in [0, 0.1) is 0 Å². The van der Waals surface area contributed by atoms with Gasteiger partial charge in [0, 0.05) is 13.6 Å². The van der Waals surface area contributed by atoms with Gasteiger partial charge in [-0.25, -0.2) is 0 Å². The number of carbonyl (C=O) groups excluding carboxylic acids is 1. The van der Waals surface area contributed by atoms with Crippen molar-refractivity contribution in [2.45, 2.75) is 19.3 Å². The third kappa shape index (κ3) is 3.61. The number of carboxylic acids is 1. The molecule has 0 aliphatic carbocycles. The Morgan fingerprint density at radius 2 is 2.33 bits per heavy atom. The molecule has 1 rings (SSSR count). The maximum atomic E-state index is 11.7. The number of hydrogen-bond acceptors (Lipinski definition) is 3. The Bertz CT molecular complexity index is 285. The maximum Gasteiger partial charge on any atom is 0.305 e. The van der Waals surface area contributed by atoms with Gasteiger partial charge in [0.1, 0.15) is 0 Å². The lowest BCUT2D eigenvalue weighted by Crippen LogP contribution is -2.31. The number of aliphatic carboxylic acids is 1. The fraction of sp³-hybridized carbons (Fsp3) is 0.600. The quantitative estimate of drug-likeness (QED) is 0.743. The Kier molecular flexibility index (Phi) is 4.15. The number of carboxylic acid groups (broad SMARTS) is 1. The molecule has 1 amide bonds. The highest BCUT2D eigenvalue weighted by molar-refractivity contribution is 5.93. The van der Waals surface area contributed by atoms with Crippen molar-refractivity contribution >= 4 is 11.9 Å². The van der Waals surface area contributed by atoms with Crippen LogP contribution in [-0.2, 0) is 14.3 Å². The molecule has 5 heteroatoms. The smallest absolute Gasteiger partial charge is 0.305 e. The average Bonchev–Trinajstić information content (AvgIpc) is 2.26. The summed E-state index contributed by atoms with van der Waals surface area (Å²) in [4.78, 5) is 23.4. The molecule has 1 aliphatic rings. The van der Waals surface area contributed by atoms with Crippen molar-refractivity contribution in [2.24, 2.45) is 0 Å². The second-order valence-electron chi connectivity index (χ2n) is 3.49. The van der Waals surface area contributed by atoms with Gasteiger partial charge < -0.3 is 14.7 Å². The van der Waals surface area contributed by atoms with Gasteiger partial charge in [-0.2, -0.15) is 0 Å². The maximum absolute atomic E-state index is 11.7. The first kappa shape index (κ1) is 11.6. The SMILES string of the molecule is CN(CCC(=O)O)C(=O)C1=COCCC1. The molecule has 0 spiro atoms. The fourth-order valence-corrected chi connectivity index (χ4v) is 1.33. The van der Waals surface area contributed by atoms with Crippen LogP contribution in [0.1, 0.15) is 19.3 Å². The predicted octanol–water partition coefficient (Wildman–Crippen LogP) is 0.614. The van der Waals surface area contributed by atoms with Crippen LogP contribution in [0.4, 0.5) is 0 Å². The number of likely N-dealkylation sites (N-methyl/N-ethyl adjacent to an activating group) is 1. The van der Waals surface area contributed by atoms with Crippen molar-refractivity contribution in [2.75, 3.05) is 20.2 Å². The number of hydrogen-bond donors (Lipinski definition) is 1. The molecule has 0 fully saturated rings. The summed E-state index contributed by atoms with van der Waals surface area (Å²) in [6.07, 6.45) is 2.99. The summed E-state index contributed by atoms with van der Waals surface area (Å²) in [5.41, 5.74) is 0.620. The largest absolute Gasteiger partial charge is 0.501 e. The normalized spacial score (nSPS) is 15.1. The second kappa shape index (κ2) is 5.38. The Morgan fingerprint density at radius 3 is 2.87 bits per heavy atom. The third-order valence-electron chi connectivity index (χ3n) is 2.22. The summed E-state index contributed by atoms with van der Waals surface area (Å²) in [5, 5.41) is 8.48. The van der Waals surface area contributed by atoms with Gasteiger partial charge >= 0.3 is 5.97 Å². The molecule has 0 saturated carbocycles. The van der Waals surface area contributed by atoms with Crippen molar-refractivity contribution in [1.82, 2.24) is 4.90 Å². The Morgan fingerprint density at radius 1 is 1.60 bits per heavy atom. The van der Waals surface area contributed by atoms with E-state index in [0.29, 0.717) is 18.6 Å². The zero-order valence-corrected chi connectivity index (χ0v) is 8.73. The minimum Gasteiger partial charge on any atom is -0.501 e. The molecule has 0 aromatic carbocycles. The third-order valence-corrected chi connectivity index (χ3v) is 2.22. The van der Waals surface area contributed by atoms with Crippen LogP contribution in [0.2, 0.25) is 0 Å². The summed E-state index contributed by atoms with van der Waals surface area (Å²) < 4.78 is 5.05. The summed E-state index contributed by atoms with van der Waals surface area (Å²) in [6, 6.07) is 0. The molecule has 1 heterocycles. The highest BCUT2D eigenvalue weighted by Crippen LogP contribution is 2.13. The topological polar surface area (TPSA) is 66.8 Å². The first-order valence-electron chi connectivity index (χ1n) is 4.89. The zero-order chi connectivity index (χ0) is 11.3. The molecular formula is C10H15NO4. The van der Waals surface area contributed by atoms with Crippen LogP contribution in [0.5, 0.6) is 0 Å². The van der Waals surface area contributed by atoms with E-state index < -0.39 is 5.97 Å². The van der Waals surface area contributed by atoms with E-state index in [1.165, 1.54) is 11.2 Å². The van der Waals surface area contributed by atoms with Crippen LogP contribution in [0.3, 0.4) is 0 Å². The summed E-state index contributed by atoms with van der Waals surface area (Å²) in [6.45, 7) is 0.876. The molecule has 0 saturated heterocycles. The number of amides is 1. The van der Waals surface area contributed by atoms with Crippen LogP contribution in [-0.4, -0.2) is 42.1 Å². The Balaban J connectivity index is 2.44. The molecule has 1 N–H and O–H groups in total. The first-order valence-corrected chi connectivity index (χ1v) is 4.89. The van der Waals surface area contributed by atoms with Crippen LogP contribution >= 0.6 is 0 Å². The van der Waals surface area contributed by atoms with Crippen LogP contribution in [0.25, 0.3) is 0 Å². The van der Waals surface area contributed by atoms with Crippen molar-refractivity contribution in [3.05, 3.63) is 11.8 Å². The van der Waals surface area contributed by atoms with E-state index in [4.69, 9.17) is 9.84 Å². The summed E-state index contributed by atoms with van der Waals surface area (Å²) in [5.74, 6) is -1.04. The van der Waals surface area contributed by atoms with Gasteiger partial charge in [0.15, 0.2) is 0 Å². The molecular weight excluding hydrogens is 198 g/mol. The predicted molar refractivity (Wildman–Crippen MR) is 53.2 cm³/mol. The van der Waals surface area contributed by atoms with Gasteiger partial charge in [-0.15, -0.1) is 0 Å². The monoisotopic (exact) mass is 213 g/mol. The lowest BCUT2D eigenvalue weighted by atomic mass is 10.1. The van der Waals surface area contributed by atoms with Gasteiger partial charge in [-0.05, 0) is 12.8 Å². The minimum atomic E-state index is -0.900. The van der Waals surface area contributed by atoms with Crippen molar-refractivity contribution in [3.8, 4) is 0 Å². The highest BCUT2D eigenvalue weighted by atomic mass is 16.5. The molecule has 1 aliphatic heterocycles. The van der Waals surface area contributed by atoms with Crippen molar-refractivity contribution in [3.63, 3.8) is 0 Å². The summed E-state index contributed by atoms with van der Waals surface area (Å²) in [7, 11) is 1.60. The molecule has 0 unspecified atom stereocenters. The zero-order valence-electron chi connectivity index (χ0n) is 8.73.